The summed E-state index contributed by atoms with van der Waals surface area (Å²) in [6.07, 6.45) is -0.0815. The molecule has 8 heteroatoms. The summed E-state index contributed by atoms with van der Waals surface area (Å²) in [6, 6.07) is 6.58. The lowest BCUT2D eigenvalue weighted by molar-refractivity contribution is -0.141. The van der Waals surface area contributed by atoms with Gasteiger partial charge in [-0.1, -0.05) is 45.0 Å². The number of likely N-dealkylation sites (tertiary alicyclic amines) is 1. The van der Waals surface area contributed by atoms with Crippen molar-refractivity contribution in [3.8, 4) is 0 Å². The van der Waals surface area contributed by atoms with Gasteiger partial charge in [0.05, 0.1) is 39.1 Å². The van der Waals surface area contributed by atoms with Crippen LogP contribution in [0.4, 0.5) is 9.18 Å². The Morgan fingerprint density at radius 2 is 1.77 bits per heavy atom. The first kappa shape index (κ1) is 24.1. The highest BCUT2D eigenvalue weighted by Crippen LogP contribution is 2.24. The number of halogens is 1. The Kier molecular flexibility index (Phi) is 9.05. The fourth-order valence-corrected chi connectivity index (χ4v) is 3.07. The van der Waals surface area contributed by atoms with Gasteiger partial charge in [-0.15, -0.1) is 0 Å². The summed E-state index contributed by atoms with van der Waals surface area (Å²) in [7, 11) is 0. The number of hydrogen-bond donors (Lipinski definition) is 1. The molecule has 30 heavy (non-hydrogen) atoms. The Hall–Kier alpha value is -2.19. The van der Waals surface area contributed by atoms with Crippen molar-refractivity contribution >= 4 is 12.1 Å². The van der Waals surface area contributed by atoms with Gasteiger partial charge in [-0.25, -0.2) is 14.0 Å². The topological polar surface area (TPSA) is 85.3 Å². The molecule has 2 atom stereocenters. The van der Waals surface area contributed by atoms with Gasteiger partial charge in [0.15, 0.2) is 0 Å². The Balaban J connectivity index is 1.84. The normalized spacial score (nSPS) is 19.1. The summed E-state index contributed by atoms with van der Waals surface area (Å²) in [5.74, 6) is -1.06. The van der Waals surface area contributed by atoms with Crippen LogP contribution in [0.1, 0.15) is 44.7 Å². The molecular formula is C22H32FNO6. The van der Waals surface area contributed by atoms with Crippen molar-refractivity contribution in [3.63, 3.8) is 0 Å². The van der Waals surface area contributed by atoms with Gasteiger partial charge >= 0.3 is 12.1 Å². The van der Waals surface area contributed by atoms with E-state index in [2.05, 4.69) is 0 Å². The van der Waals surface area contributed by atoms with E-state index in [1.807, 2.05) is 45.0 Å². The van der Waals surface area contributed by atoms with Gasteiger partial charge < -0.3 is 19.3 Å². The fourth-order valence-electron chi connectivity index (χ4n) is 3.07. The minimum Gasteiger partial charge on any atom is -0.480 e. The van der Waals surface area contributed by atoms with Crippen molar-refractivity contribution in [1.29, 1.82) is 0 Å². The van der Waals surface area contributed by atoms with Gasteiger partial charge in [0, 0.05) is 6.42 Å². The zero-order valence-electron chi connectivity index (χ0n) is 17.9. The van der Waals surface area contributed by atoms with Crippen LogP contribution in [-0.4, -0.2) is 60.6 Å². The number of carbonyl (C=O) groups is 2. The van der Waals surface area contributed by atoms with E-state index in [0.29, 0.717) is 19.6 Å². The predicted octanol–water partition coefficient (Wildman–Crippen LogP) is 3.79. The van der Waals surface area contributed by atoms with Crippen LogP contribution in [0.15, 0.2) is 24.3 Å². The number of carboxylic acids is 1. The minimum absolute atomic E-state index is 0.0258. The van der Waals surface area contributed by atoms with Crippen LogP contribution < -0.4 is 0 Å². The quantitative estimate of drug-likeness (QED) is 0.574. The van der Waals surface area contributed by atoms with Crippen molar-refractivity contribution in [2.24, 2.45) is 5.41 Å². The number of benzene rings is 1. The van der Waals surface area contributed by atoms with E-state index in [-0.39, 0.29) is 37.7 Å². The third-order valence-electron chi connectivity index (χ3n) is 4.86. The molecule has 168 valence electrons. The summed E-state index contributed by atoms with van der Waals surface area (Å²) in [4.78, 5) is 25.2. The maximum absolute atomic E-state index is 12.4. The van der Waals surface area contributed by atoms with Crippen LogP contribution in [0.5, 0.6) is 0 Å². The van der Waals surface area contributed by atoms with Crippen molar-refractivity contribution < 1.29 is 33.3 Å². The molecule has 0 saturated carbocycles. The molecule has 1 aliphatic rings. The zero-order valence-corrected chi connectivity index (χ0v) is 17.9. The second-order valence-corrected chi connectivity index (χ2v) is 8.66. The molecule has 7 nitrogen and oxygen atoms in total. The molecule has 0 aromatic heterocycles. The first-order valence-corrected chi connectivity index (χ1v) is 10.2. The van der Waals surface area contributed by atoms with Crippen LogP contribution in [0.2, 0.25) is 0 Å². The number of ether oxygens (including phenoxy) is 3. The van der Waals surface area contributed by atoms with Gasteiger partial charge in [0.25, 0.3) is 0 Å². The highest BCUT2D eigenvalue weighted by Gasteiger charge is 2.41. The first-order valence-electron chi connectivity index (χ1n) is 10.2. The number of hydrogen-bond acceptors (Lipinski definition) is 5. The van der Waals surface area contributed by atoms with E-state index >= 15 is 0 Å². The van der Waals surface area contributed by atoms with Gasteiger partial charge in [-0.2, -0.15) is 0 Å². The number of aliphatic carboxylic acids is 1. The van der Waals surface area contributed by atoms with E-state index in [1.54, 1.807) is 0 Å². The number of carboxylic acid groups (broad SMARTS) is 1. The molecule has 1 N–H and O–H groups in total. The molecule has 1 aromatic carbocycles. The Morgan fingerprint density at radius 3 is 2.33 bits per heavy atom. The van der Waals surface area contributed by atoms with Crippen LogP contribution in [-0.2, 0) is 32.2 Å². The molecule has 0 radical (unpaired) electrons. The van der Waals surface area contributed by atoms with Crippen molar-refractivity contribution in [3.05, 3.63) is 35.4 Å². The average Bonchev–Trinajstić information content (AvgIpc) is 3.11. The lowest BCUT2D eigenvalue weighted by Crippen LogP contribution is -2.41. The van der Waals surface area contributed by atoms with Gasteiger partial charge in [0.2, 0.25) is 0 Å². The third-order valence-corrected chi connectivity index (χ3v) is 4.86. The Labute approximate surface area is 177 Å². The zero-order chi connectivity index (χ0) is 22.1. The van der Waals surface area contributed by atoms with Gasteiger partial charge in [0.1, 0.15) is 12.7 Å². The summed E-state index contributed by atoms with van der Waals surface area (Å²) < 4.78 is 28.3. The monoisotopic (exact) mass is 425 g/mol. The minimum atomic E-state index is -1.06. The van der Waals surface area contributed by atoms with E-state index in [9.17, 15) is 19.1 Å². The van der Waals surface area contributed by atoms with Crippen molar-refractivity contribution in [1.82, 2.24) is 4.90 Å². The number of rotatable bonds is 10. The van der Waals surface area contributed by atoms with Crippen LogP contribution in [0.3, 0.4) is 0 Å². The smallest absolute Gasteiger partial charge is 0.410 e. The molecule has 0 unspecified atom stereocenters. The summed E-state index contributed by atoms with van der Waals surface area (Å²) >= 11 is 0. The highest BCUT2D eigenvalue weighted by atomic mass is 19.1. The molecule has 0 spiro atoms. The highest BCUT2D eigenvalue weighted by molar-refractivity contribution is 5.80. The lowest BCUT2D eigenvalue weighted by atomic mass is 9.93. The number of carbonyl (C=O) groups excluding carboxylic acids is 1. The van der Waals surface area contributed by atoms with Crippen molar-refractivity contribution in [2.45, 2.75) is 59.0 Å². The SMILES string of the molecule is CC(C)(C)CCOC(=O)N1C[C@H](OCc2ccc(COCCF)cc2)C[C@H]1C(=O)O. The second-order valence-electron chi connectivity index (χ2n) is 8.66. The van der Waals surface area contributed by atoms with Crippen LogP contribution in [0.25, 0.3) is 0 Å². The van der Waals surface area contributed by atoms with Crippen LogP contribution in [0, 0.1) is 5.41 Å². The summed E-state index contributed by atoms with van der Waals surface area (Å²) in [5.41, 5.74) is 1.88. The average molecular weight is 425 g/mol. The number of alkyl halides is 1. The van der Waals surface area contributed by atoms with E-state index in [0.717, 1.165) is 11.1 Å². The summed E-state index contributed by atoms with van der Waals surface area (Å²) in [6.45, 7) is 6.78. The van der Waals surface area contributed by atoms with Gasteiger partial charge in [-0.05, 0) is 23.0 Å². The second kappa shape index (κ2) is 11.3. The largest absolute Gasteiger partial charge is 0.480 e. The summed E-state index contributed by atoms with van der Waals surface area (Å²) in [5, 5.41) is 9.47. The predicted molar refractivity (Wildman–Crippen MR) is 109 cm³/mol. The molecule has 1 fully saturated rings. The maximum Gasteiger partial charge on any atom is 0.410 e. The molecule has 1 heterocycles. The maximum atomic E-state index is 12.4. The molecule has 1 saturated heterocycles. The lowest BCUT2D eigenvalue weighted by Gasteiger charge is -2.22. The molecule has 0 aliphatic carbocycles. The van der Waals surface area contributed by atoms with E-state index < -0.39 is 24.8 Å². The fraction of sp³-hybridized carbons (Fsp3) is 0.636. The molecular weight excluding hydrogens is 393 g/mol. The molecule has 1 amide bonds. The van der Waals surface area contributed by atoms with E-state index in [4.69, 9.17) is 14.2 Å². The Bertz CT molecular complexity index is 688. The Morgan fingerprint density at radius 1 is 1.13 bits per heavy atom. The molecule has 1 aromatic rings. The third kappa shape index (κ3) is 7.91. The van der Waals surface area contributed by atoms with E-state index in [1.165, 1.54) is 4.90 Å². The number of nitrogens with zero attached hydrogens (tertiary/aromatic N) is 1. The number of amides is 1. The van der Waals surface area contributed by atoms with Crippen molar-refractivity contribution in [2.75, 3.05) is 26.4 Å². The van der Waals surface area contributed by atoms with Gasteiger partial charge in [-0.3, -0.25) is 4.90 Å². The first-order chi connectivity index (χ1) is 14.2. The standard InChI is InChI=1S/C22H32FNO6/c1-22(2,3)8-10-29-21(27)24-13-18(12-19(24)20(25)26)30-15-17-6-4-16(5-7-17)14-28-11-9-23/h4-7,18-19H,8-15H2,1-3H3,(H,25,26)/t18-,19+/m1/s1. The molecule has 0 bridgehead atoms. The molecule has 2 rings (SSSR count). The molecule has 1 aliphatic heterocycles. The van der Waals surface area contributed by atoms with Crippen LogP contribution >= 0.6 is 0 Å².